The minimum Gasteiger partial charge on any atom is -0.392 e. The number of carbonyl (C=O) groups is 1. The standard InChI is InChI=1S/C35H38N6O3/c1-21-29(19-41(37-21)24-17-38(2)18-24)32-16-28-26(11-12-36-34(28)39(32)3)25-5-4-6-31(30(25)20-42)40-13-14-44-33-15-23(22-7-8-22)9-10-27(33)35(40)43/h4-6,9-12,15-16,19,22,24,27,33,42H,7-8,13-14,17-18,20H2,1-3H3. The number of aromatic nitrogens is 4. The first-order valence-electron chi connectivity index (χ1n) is 15.7. The van der Waals surface area contributed by atoms with Crippen molar-refractivity contribution in [2.24, 2.45) is 18.9 Å². The van der Waals surface area contributed by atoms with Crippen molar-refractivity contribution < 1.29 is 14.6 Å². The van der Waals surface area contributed by atoms with Crippen molar-refractivity contribution in [1.82, 2.24) is 24.2 Å². The summed E-state index contributed by atoms with van der Waals surface area (Å²) in [5, 5.41) is 16.6. The van der Waals surface area contributed by atoms with Crippen molar-refractivity contribution in [2.45, 2.75) is 38.5 Å². The van der Waals surface area contributed by atoms with Crippen LogP contribution in [0.3, 0.4) is 0 Å². The maximum absolute atomic E-state index is 14.0. The lowest BCUT2D eigenvalue weighted by atomic mass is 9.90. The van der Waals surface area contributed by atoms with Crippen molar-refractivity contribution in [3.63, 3.8) is 0 Å². The number of aliphatic hydroxyl groups is 1. The lowest BCUT2D eigenvalue weighted by molar-refractivity contribution is -0.122. The van der Waals surface area contributed by atoms with Gasteiger partial charge in [0.05, 0.1) is 42.7 Å². The highest BCUT2D eigenvalue weighted by atomic mass is 16.5. The van der Waals surface area contributed by atoms with Crippen LogP contribution in [-0.2, 0) is 23.2 Å². The van der Waals surface area contributed by atoms with Crippen LogP contribution in [0.5, 0.6) is 0 Å². The van der Waals surface area contributed by atoms with Gasteiger partial charge in [-0.3, -0.25) is 9.48 Å². The van der Waals surface area contributed by atoms with Crippen molar-refractivity contribution >= 4 is 22.6 Å². The number of hydrogen-bond donors (Lipinski definition) is 1. The molecule has 0 radical (unpaired) electrons. The number of carbonyl (C=O) groups excluding carboxylic acids is 1. The first-order valence-corrected chi connectivity index (χ1v) is 15.7. The molecule has 4 aliphatic rings. The van der Waals surface area contributed by atoms with Crippen LogP contribution in [0.4, 0.5) is 5.69 Å². The number of aryl methyl sites for hydroxylation is 2. The number of nitrogens with zero attached hydrogens (tertiary/aromatic N) is 6. The van der Waals surface area contributed by atoms with E-state index >= 15 is 0 Å². The van der Waals surface area contributed by atoms with Gasteiger partial charge >= 0.3 is 0 Å². The van der Waals surface area contributed by atoms with Crippen LogP contribution < -0.4 is 4.90 Å². The summed E-state index contributed by atoms with van der Waals surface area (Å²) in [5.74, 6) is 0.251. The fraction of sp³-hybridized carbons (Fsp3) is 0.400. The molecule has 1 N–H and O–H groups in total. The Balaban J connectivity index is 1.17. The highest BCUT2D eigenvalue weighted by molar-refractivity contribution is 6.01. The van der Waals surface area contributed by atoms with E-state index in [1.54, 1.807) is 0 Å². The highest BCUT2D eigenvalue weighted by Gasteiger charge is 2.38. The van der Waals surface area contributed by atoms with E-state index in [1.807, 2.05) is 48.5 Å². The molecule has 226 valence electrons. The second kappa shape index (κ2) is 10.5. The molecule has 3 aromatic heterocycles. The van der Waals surface area contributed by atoms with E-state index in [0.29, 0.717) is 25.1 Å². The number of pyridine rings is 1. The van der Waals surface area contributed by atoms with Gasteiger partial charge in [-0.15, -0.1) is 0 Å². The number of aliphatic hydroxyl groups excluding tert-OH is 1. The van der Waals surface area contributed by atoms with Crippen molar-refractivity contribution in [3.05, 3.63) is 77.8 Å². The summed E-state index contributed by atoms with van der Waals surface area (Å²) in [6, 6.07) is 10.5. The normalized spacial score (nSPS) is 22.7. The molecule has 0 bridgehead atoms. The molecule has 9 nitrogen and oxygen atoms in total. The van der Waals surface area contributed by atoms with E-state index in [-0.39, 0.29) is 24.5 Å². The van der Waals surface area contributed by atoms with E-state index in [4.69, 9.17) is 14.8 Å². The lowest BCUT2D eigenvalue weighted by Gasteiger charge is -2.36. The summed E-state index contributed by atoms with van der Waals surface area (Å²) < 4.78 is 10.4. The molecule has 2 aliphatic carbocycles. The number of ether oxygens (including phenoxy) is 1. The molecular formula is C35H38N6O3. The van der Waals surface area contributed by atoms with E-state index in [1.165, 1.54) is 18.4 Å². The van der Waals surface area contributed by atoms with E-state index in [2.05, 4.69) is 52.5 Å². The average molecular weight is 591 g/mol. The van der Waals surface area contributed by atoms with E-state index < -0.39 is 0 Å². The van der Waals surface area contributed by atoms with Gasteiger partial charge in [-0.2, -0.15) is 5.10 Å². The monoisotopic (exact) mass is 590 g/mol. The molecule has 3 fully saturated rings. The zero-order chi connectivity index (χ0) is 30.1. The Morgan fingerprint density at radius 3 is 2.70 bits per heavy atom. The summed E-state index contributed by atoms with van der Waals surface area (Å²) in [6.07, 6.45) is 12.5. The second-order valence-corrected chi connectivity index (χ2v) is 12.8. The van der Waals surface area contributed by atoms with Crippen molar-refractivity contribution in [1.29, 1.82) is 0 Å². The first-order chi connectivity index (χ1) is 21.4. The Kier molecular flexibility index (Phi) is 6.59. The largest absolute Gasteiger partial charge is 0.392 e. The van der Waals surface area contributed by atoms with Crippen LogP contribution in [-0.4, -0.2) is 74.6 Å². The average Bonchev–Trinajstić information content (AvgIpc) is 3.76. The Bertz CT molecular complexity index is 1840. The topological polar surface area (TPSA) is 88.7 Å². The Morgan fingerprint density at radius 1 is 1.09 bits per heavy atom. The molecule has 0 spiro atoms. The van der Waals surface area contributed by atoms with Crippen molar-refractivity contribution in [2.75, 3.05) is 38.2 Å². The lowest BCUT2D eigenvalue weighted by Crippen LogP contribution is -2.45. The van der Waals surface area contributed by atoms with Gasteiger partial charge in [0.25, 0.3) is 0 Å². The molecular weight excluding hydrogens is 552 g/mol. The number of benzene rings is 1. The van der Waals surface area contributed by atoms with Gasteiger partial charge < -0.3 is 24.2 Å². The van der Waals surface area contributed by atoms with Gasteiger partial charge in [0.15, 0.2) is 0 Å². The van der Waals surface area contributed by atoms with Gasteiger partial charge in [-0.1, -0.05) is 30.4 Å². The molecule has 2 unspecified atom stereocenters. The van der Waals surface area contributed by atoms with Crippen LogP contribution in [0, 0.1) is 18.8 Å². The SMILES string of the molecule is Cc1nn(C2CN(C)C2)cc1-c1cc2c(-c3cccc(N4CCOC5C=C(C6CC6)C=CC5C4=O)c3CO)ccnc2n1C. The van der Waals surface area contributed by atoms with Crippen LogP contribution >= 0.6 is 0 Å². The molecule has 44 heavy (non-hydrogen) atoms. The summed E-state index contributed by atoms with van der Waals surface area (Å²) in [5.41, 5.74) is 8.60. The zero-order valence-corrected chi connectivity index (χ0v) is 25.5. The second-order valence-electron chi connectivity index (χ2n) is 12.8. The quantitative estimate of drug-likeness (QED) is 0.352. The summed E-state index contributed by atoms with van der Waals surface area (Å²) >= 11 is 0. The Hall–Kier alpha value is -4.05. The van der Waals surface area contributed by atoms with Crippen molar-refractivity contribution in [3.8, 4) is 22.4 Å². The number of fused-ring (bicyclic) bond motifs is 2. The van der Waals surface area contributed by atoms with Gasteiger partial charge in [-0.25, -0.2) is 4.98 Å². The number of rotatable bonds is 6. The minimum atomic E-state index is -0.371. The number of likely N-dealkylation sites (N-methyl/N-ethyl adjacent to an activating group) is 1. The van der Waals surface area contributed by atoms with Gasteiger partial charge in [-0.05, 0) is 67.6 Å². The van der Waals surface area contributed by atoms with Gasteiger partial charge in [0.1, 0.15) is 5.65 Å². The Labute approximate surface area is 257 Å². The van der Waals surface area contributed by atoms with Crippen LogP contribution in [0.25, 0.3) is 33.4 Å². The van der Waals surface area contributed by atoms with Crippen LogP contribution in [0.2, 0.25) is 0 Å². The molecule has 1 saturated carbocycles. The third-order valence-electron chi connectivity index (χ3n) is 9.86. The number of anilines is 1. The smallest absolute Gasteiger partial charge is 0.236 e. The molecule has 2 aliphatic heterocycles. The maximum Gasteiger partial charge on any atom is 0.236 e. The van der Waals surface area contributed by atoms with Crippen LogP contribution in [0.15, 0.2) is 66.5 Å². The maximum atomic E-state index is 14.0. The van der Waals surface area contributed by atoms with Gasteiger partial charge in [0.2, 0.25) is 5.91 Å². The summed E-state index contributed by atoms with van der Waals surface area (Å²) in [6.45, 7) is 4.74. The Morgan fingerprint density at radius 2 is 1.93 bits per heavy atom. The van der Waals surface area contributed by atoms with Gasteiger partial charge in [0, 0.05) is 61.3 Å². The molecule has 8 rings (SSSR count). The molecule has 2 atom stereocenters. The van der Waals surface area contributed by atoms with Crippen LogP contribution in [0.1, 0.15) is 30.1 Å². The predicted octanol–water partition coefficient (Wildman–Crippen LogP) is 4.65. The predicted molar refractivity (Wildman–Crippen MR) is 170 cm³/mol. The molecule has 2 saturated heterocycles. The molecule has 4 aromatic rings. The molecule has 5 heterocycles. The highest BCUT2D eigenvalue weighted by Crippen LogP contribution is 2.42. The fourth-order valence-electron chi connectivity index (χ4n) is 7.26. The third-order valence-corrected chi connectivity index (χ3v) is 9.86. The first kappa shape index (κ1) is 27.5. The number of hydrogen-bond acceptors (Lipinski definition) is 6. The summed E-state index contributed by atoms with van der Waals surface area (Å²) in [4.78, 5) is 22.8. The zero-order valence-electron chi connectivity index (χ0n) is 25.5. The van der Waals surface area contributed by atoms with E-state index in [0.717, 1.165) is 63.5 Å². The number of likely N-dealkylation sites (tertiary alicyclic amines) is 1. The van der Waals surface area contributed by atoms with E-state index in [9.17, 15) is 9.90 Å². The number of allylic oxidation sites excluding steroid dienone is 2. The molecule has 9 heteroatoms. The molecule has 1 aromatic carbocycles. The fourth-order valence-corrected chi connectivity index (χ4v) is 7.26. The summed E-state index contributed by atoms with van der Waals surface area (Å²) in [7, 11) is 4.17. The number of amides is 1. The minimum absolute atomic E-state index is 0.00807. The third kappa shape index (κ3) is 4.45. The molecule has 1 amide bonds.